The largest absolute Gasteiger partial charge is 0.325 e. The van der Waals surface area contributed by atoms with Crippen molar-refractivity contribution in [2.45, 2.75) is 37.6 Å². The van der Waals surface area contributed by atoms with E-state index in [-0.39, 0.29) is 41.1 Å². The molecule has 1 fully saturated rings. The molecule has 3 rings (SSSR count). The minimum absolute atomic E-state index is 0.0840. The highest BCUT2D eigenvalue weighted by molar-refractivity contribution is 7.89. The molecule has 0 unspecified atom stereocenters. The Morgan fingerprint density at radius 3 is 2.11 bits per heavy atom. The number of hydrogen-bond acceptors (Lipinski definition) is 5. The summed E-state index contributed by atoms with van der Waals surface area (Å²) < 4.78 is 26.7. The number of nitrogens with one attached hydrogen (secondary N) is 2. The van der Waals surface area contributed by atoms with Crippen molar-refractivity contribution in [1.82, 2.24) is 9.62 Å². The Hall–Kier alpha value is -2.52. The summed E-state index contributed by atoms with van der Waals surface area (Å²) in [6.07, 6.45) is 4.82. The molecule has 150 valence electrons. The molecule has 2 N–H and O–H groups in total. The van der Waals surface area contributed by atoms with Crippen molar-refractivity contribution in [3.63, 3.8) is 0 Å². The predicted molar refractivity (Wildman–Crippen MR) is 103 cm³/mol. The molecule has 9 heteroatoms. The maximum atomic E-state index is 12.4. The zero-order chi connectivity index (χ0) is 20.5. The molecule has 1 aromatic rings. The van der Waals surface area contributed by atoms with Crippen LogP contribution in [-0.4, -0.2) is 43.6 Å². The minimum atomic E-state index is -3.62. The second-order valence-corrected chi connectivity index (χ2v) is 8.98. The molecule has 2 aliphatic rings. The maximum Gasteiger partial charge on any atom is 0.244 e. The van der Waals surface area contributed by atoms with Crippen LogP contribution in [0.5, 0.6) is 0 Å². The van der Waals surface area contributed by atoms with Crippen molar-refractivity contribution in [2.75, 3.05) is 11.9 Å². The van der Waals surface area contributed by atoms with Crippen LogP contribution >= 0.6 is 0 Å². The summed E-state index contributed by atoms with van der Waals surface area (Å²) in [5, 5.41) is 2.59. The smallest absolute Gasteiger partial charge is 0.244 e. The molecular formula is C19H23N3O5S. The van der Waals surface area contributed by atoms with Crippen molar-refractivity contribution in [3.05, 3.63) is 36.4 Å². The van der Waals surface area contributed by atoms with Gasteiger partial charge in [0.05, 0.1) is 16.7 Å². The van der Waals surface area contributed by atoms with Gasteiger partial charge in [0.25, 0.3) is 0 Å². The molecule has 0 radical (unpaired) electrons. The first-order valence-corrected chi connectivity index (χ1v) is 10.6. The van der Waals surface area contributed by atoms with Crippen molar-refractivity contribution in [1.29, 1.82) is 0 Å². The van der Waals surface area contributed by atoms with Gasteiger partial charge < -0.3 is 5.32 Å². The third-order valence-electron chi connectivity index (χ3n) is 4.74. The van der Waals surface area contributed by atoms with Crippen molar-refractivity contribution >= 4 is 33.4 Å². The lowest BCUT2D eigenvalue weighted by Gasteiger charge is -2.15. The fraction of sp³-hybridized carbons (Fsp3) is 0.421. The number of carbonyl (C=O) groups is 3. The third kappa shape index (κ3) is 4.15. The third-order valence-corrected chi connectivity index (χ3v) is 6.41. The number of carbonyl (C=O) groups excluding carboxylic acids is 3. The number of amides is 3. The molecule has 1 aliphatic carbocycles. The van der Waals surface area contributed by atoms with Crippen LogP contribution in [0.2, 0.25) is 0 Å². The SMILES string of the molecule is CC(C)NS(=O)(=O)c1ccc(NC(=O)CN2C(=O)[C@H]3CC=CC[C@H]3C2=O)cc1. The highest BCUT2D eigenvalue weighted by Gasteiger charge is 2.47. The van der Waals surface area contributed by atoms with Crippen LogP contribution in [0, 0.1) is 11.8 Å². The van der Waals surface area contributed by atoms with Crippen LogP contribution < -0.4 is 10.0 Å². The standard InChI is InChI=1S/C19H23N3O5S/c1-12(2)21-28(26,27)14-9-7-13(8-10-14)20-17(23)11-22-18(24)15-5-3-4-6-16(15)19(22)25/h3-4,7-10,12,15-16,21H,5-6,11H2,1-2H3,(H,20,23)/t15-,16+. The summed E-state index contributed by atoms with van der Waals surface area (Å²) in [6.45, 7) is 3.10. The average molecular weight is 405 g/mol. The van der Waals surface area contributed by atoms with E-state index >= 15 is 0 Å². The van der Waals surface area contributed by atoms with E-state index in [1.54, 1.807) is 13.8 Å². The summed E-state index contributed by atoms with van der Waals surface area (Å²) in [6, 6.07) is 5.45. The summed E-state index contributed by atoms with van der Waals surface area (Å²) in [5.41, 5.74) is 0.381. The van der Waals surface area contributed by atoms with Gasteiger partial charge in [0, 0.05) is 11.7 Å². The van der Waals surface area contributed by atoms with Gasteiger partial charge in [-0.2, -0.15) is 0 Å². The van der Waals surface area contributed by atoms with Gasteiger partial charge in [0.1, 0.15) is 6.54 Å². The predicted octanol–water partition coefficient (Wildman–Crippen LogP) is 1.26. The normalized spacial score (nSPS) is 21.9. The summed E-state index contributed by atoms with van der Waals surface area (Å²) in [7, 11) is -3.62. The van der Waals surface area contributed by atoms with Gasteiger partial charge >= 0.3 is 0 Å². The van der Waals surface area contributed by atoms with E-state index in [0.29, 0.717) is 18.5 Å². The number of hydrogen-bond donors (Lipinski definition) is 2. The first-order chi connectivity index (χ1) is 13.2. The number of allylic oxidation sites excluding steroid dienone is 2. The van der Waals surface area contributed by atoms with Gasteiger partial charge in [0.2, 0.25) is 27.7 Å². The molecule has 1 heterocycles. The van der Waals surface area contributed by atoms with Crippen molar-refractivity contribution in [2.24, 2.45) is 11.8 Å². The van der Waals surface area contributed by atoms with Crippen LogP contribution in [0.3, 0.4) is 0 Å². The summed E-state index contributed by atoms with van der Waals surface area (Å²) in [5.74, 6) is -1.87. The summed E-state index contributed by atoms with van der Waals surface area (Å²) >= 11 is 0. The molecule has 0 spiro atoms. The monoisotopic (exact) mass is 405 g/mol. The number of sulfonamides is 1. The van der Waals surface area contributed by atoms with Crippen molar-refractivity contribution in [3.8, 4) is 0 Å². The van der Waals surface area contributed by atoms with Gasteiger partial charge in [-0.05, 0) is 51.0 Å². The lowest BCUT2D eigenvalue weighted by atomic mass is 9.85. The van der Waals surface area contributed by atoms with E-state index in [9.17, 15) is 22.8 Å². The molecule has 1 aromatic carbocycles. The molecule has 0 bridgehead atoms. The topological polar surface area (TPSA) is 113 Å². The summed E-state index contributed by atoms with van der Waals surface area (Å²) in [4.78, 5) is 38.2. The molecule has 28 heavy (non-hydrogen) atoms. The van der Waals surface area contributed by atoms with Crippen LogP contribution in [0.1, 0.15) is 26.7 Å². The molecule has 1 saturated heterocycles. The maximum absolute atomic E-state index is 12.4. The van der Waals surface area contributed by atoms with E-state index < -0.39 is 15.9 Å². The first-order valence-electron chi connectivity index (χ1n) is 9.11. The van der Waals surface area contributed by atoms with E-state index in [2.05, 4.69) is 10.0 Å². The van der Waals surface area contributed by atoms with E-state index in [0.717, 1.165) is 4.90 Å². The number of likely N-dealkylation sites (tertiary alicyclic amines) is 1. The molecular weight excluding hydrogens is 382 g/mol. The quantitative estimate of drug-likeness (QED) is 0.547. The second-order valence-electron chi connectivity index (χ2n) is 7.27. The molecule has 1 aliphatic heterocycles. The molecule has 2 atom stereocenters. The Balaban J connectivity index is 1.63. The number of fused-ring (bicyclic) bond motifs is 1. The highest BCUT2D eigenvalue weighted by Crippen LogP contribution is 2.34. The highest BCUT2D eigenvalue weighted by atomic mass is 32.2. The molecule has 0 saturated carbocycles. The Kier molecular flexibility index (Phi) is 5.66. The fourth-order valence-corrected chi connectivity index (χ4v) is 4.72. The van der Waals surface area contributed by atoms with Crippen LogP contribution in [-0.2, 0) is 24.4 Å². The van der Waals surface area contributed by atoms with E-state index in [1.165, 1.54) is 24.3 Å². The van der Waals surface area contributed by atoms with E-state index in [1.807, 2.05) is 12.2 Å². The lowest BCUT2D eigenvalue weighted by molar-refractivity contribution is -0.142. The molecule has 8 nitrogen and oxygen atoms in total. The zero-order valence-corrected chi connectivity index (χ0v) is 16.5. The molecule has 3 amide bonds. The number of benzene rings is 1. The van der Waals surface area contributed by atoms with Gasteiger partial charge in [-0.1, -0.05) is 12.2 Å². The Bertz CT molecular complexity index is 895. The Morgan fingerprint density at radius 2 is 1.61 bits per heavy atom. The average Bonchev–Trinajstić information content (AvgIpc) is 2.86. The fourth-order valence-electron chi connectivity index (χ4n) is 3.46. The van der Waals surface area contributed by atoms with Crippen molar-refractivity contribution < 1.29 is 22.8 Å². The minimum Gasteiger partial charge on any atom is -0.325 e. The second kappa shape index (κ2) is 7.84. The number of anilines is 1. The number of imide groups is 1. The Labute approximate surface area is 164 Å². The Morgan fingerprint density at radius 1 is 1.07 bits per heavy atom. The van der Waals surface area contributed by atoms with Crippen LogP contribution in [0.15, 0.2) is 41.3 Å². The first kappa shape index (κ1) is 20.2. The van der Waals surface area contributed by atoms with Gasteiger partial charge in [0.15, 0.2) is 0 Å². The lowest BCUT2D eigenvalue weighted by Crippen LogP contribution is -2.38. The van der Waals surface area contributed by atoms with Crippen LogP contribution in [0.25, 0.3) is 0 Å². The number of nitrogens with zero attached hydrogens (tertiary/aromatic N) is 1. The van der Waals surface area contributed by atoms with Gasteiger partial charge in [-0.3, -0.25) is 19.3 Å². The van der Waals surface area contributed by atoms with Crippen LogP contribution in [0.4, 0.5) is 5.69 Å². The van der Waals surface area contributed by atoms with Gasteiger partial charge in [-0.25, -0.2) is 13.1 Å². The zero-order valence-electron chi connectivity index (χ0n) is 15.7. The van der Waals surface area contributed by atoms with E-state index in [4.69, 9.17) is 0 Å². The molecule has 0 aromatic heterocycles. The number of rotatable bonds is 6. The van der Waals surface area contributed by atoms with Gasteiger partial charge in [-0.15, -0.1) is 0 Å².